The van der Waals surface area contributed by atoms with Crippen molar-refractivity contribution in [3.05, 3.63) is 88.4 Å². The van der Waals surface area contributed by atoms with Crippen molar-refractivity contribution in [1.29, 1.82) is 0 Å². The zero-order chi connectivity index (χ0) is 66.0. The average molecular weight is 1340 g/mol. The number of pyridine rings is 4. The topological polar surface area (TPSA) is 221 Å². The van der Waals surface area contributed by atoms with Crippen LogP contribution in [0, 0.1) is 24.7 Å². The minimum atomic E-state index is -4.70. The Hall–Kier alpha value is -6.18. The molecule has 20 nitrogen and oxygen atoms in total. The number of rotatable bonds is 22. The van der Waals surface area contributed by atoms with Crippen LogP contribution in [-0.4, -0.2) is 137 Å². The largest absolute Gasteiger partial charge is 0.496 e. The highest BCUT2D eigenvalue weighted by molar-refractivity contribution is 9.10. The van der Waals surface area contributed by atoms with E-state index in [0.717, 1.165) is 48.1 Å². The maximum absolute atomic E-state index is 13.3. The first-order chi connectivity index (χ1) is 40.6. The van der Waals surface area contributed by atoms with E-state index < -0.39 is 75.3 Å². The van der Waals surface area contributed by atoms with E-state index >= 15 is 0 Å². The Bertz CT molecular complexity index is 3290. The van der Waals surface area contributed by atoms with Crippen molar-refractivity contribution in [2.75, 3.05) is 40.6 Å². The number of aromatic nitrogens is 10. The Labute approximate surface area is 520 Å². The number of carbonyl (C=O) groups excluding carboxylic acids is 2. The lowest BCUT2D eigenvalue weighted by molar-refractivity contribution is -0.153. The summed E-state index contributed by atoms with van der Waals surface area (Å²) in [6.45, 7) is 32.9. The molecule has 0 unspecified atom stereocenters. The molecular formula is C58H80BBrF6N10O10Si2. The molecule has 0 saturated carbocycles. The number of methoxy groups -OCH3 is 2. The van der Waals surface area contributed by atoms with Gasteiger partial charge in [0.2, 0.25) is 11.8 Å². The first kappa shape index (κ1) is 72.6. The van der Waals surface area contributed by atoms with Crippen LogP contribution in [0.5, 0.6) is 11.8 Å². The molecule has 1 aliphatic rings. The Kier molecular flexibility index (Phi) is 24.1. The number of hydrogen-bond acceptors (Lipinski definition) is 18. The summed E-state index contributed by atoms with van der Waals surface area (Å²) in [5.41, 5.74) is 2.29. The highest BCUT2D eigenvalue weighted by Gasteiger charge is 2.52. The van der Waals surface area contributed by atoms with Crippen LogP contribution >= 0.6 is 15.9 Å². The van der Waals surface area contributed by atoms with Gasteiger partial charge in [-0.3, -0.25) is 19.6 Å². The van der Waals surface area contributed by atoms with Crippen molar-refractivity contribution >= 4 is 56.6 Å². The third kappa shape index (κ3) is 20.7. The number of esters is 2. The van der Waals surface area contributed by atoms with Crippen LogP contribution in [0.15, 0.2) is 65.7 Å². The highest BCUT2D eigenvalue weighted by Crippen LogP contribution is 2.37. The van der Waals surface area contributed by atoms with Gasteiger partial charge in [-0.2, -0.15) is 26.3 Å². The molecule has 1 saturated heterocycles. The van der Waals surface area contributed by atoms with E-state index in [2.05, 4.69) is 95.3 Å². The molecule has 0 spiro atoms. The minimum absolute atomic E-state index is 0.0304. The van der Waals surface area contributed by atoms with Gasteiger partial charge in [-0.15, -0.1) is 10.2 Å². The van der Waals surface area contributed by atoms with E-state index in [0.29, 0.717) is 36.2 Å². The van der Waals surface area contributed by atoms with Crippen LogP contribution in [0.4, 0.5) is 26.3 Å². The predicted octanol–water partition coefficient (Wildman–Crippen LogP) is 12.3. The Morgan fingerprint density at radius 3 is 1.40 bits per heavy atom. The molecule has 88 heavy (non-hydrogen) atoms. The van der Waals surface area contributed by atoms with Gasteiger partial charge < -0.3 is 37.7 Å². The van der Waals surface area contributed by atoms with Crippen molar-refractivity contribution in [3.8, 4) is 45.9 Å². The molecule has 6 aromatic rings. The van der Waals surface area contributed by atoms with Gasteiger partial charge in [-0.25, -0.2) is 29.3 Å². The molecule has 0 amide bonds. The van der Waals surface area contributed by atoms with Gasteiger partial charge in [0.25, 0.3) is 11.6 Å². The van der Waals surface area contributed by atoms with E-state index in [1.165, 1.54) is 20.4 Å². The maximum atomic E-state index is 13.3. The smallest absolute Gasteiger partial charge is 0.476 e. The van der Waals surface area contributed by atoms with E-state index in [4.69, 9.17) is 37.7 Å². The predicted molar refractivity (Wildman–Crippen MR) is 328 cm³/mol. The summed E-state index contributed by atoms with van der Waals surface area (Å²) >= 11 is 3.24. The Balaban J connectivity index is 0.000000251. The lowest BCUT2D eigenvalue weighted by Crippen LogP contribution is -2.41. The standard InChI is InChI=1S/C26H34F3N5O4Si.C18H28BNO5.C14H18BrF3N4OSi/c1-17-12-21(38-15-25(2,3)24(35)36-4)31-14-19(17)18-8-9-20(30-13-18)22-32-23(26(27,28)29)33-34(22)16-37-10-11-39(5,6)7;1-12-9-14(23-11-16(2,3)15(21)22-8)20-10-13(12)19-24-17(4,5)18(6,7)25-19;1-24(2,3)7-6-23-9-22-12(11-5-4-10(15)8-19-11)20-13(21-22)14(16,17)18/h8-9,12-14H,10-11,15-16H2,1-7H3;9-10H,11H2,1-8H3;4-5,8H,6-7,9H2,1-3H3. The molecule has 6 aromatic heterocycles. The lowest BCUT2D eigenvalue weighted by atomic mass is 9.77. The highest BCUT2D eigenvalue weighted by atomic mass is 79.9. The van der Waals surface area contributed by atoms with Gasteiger partial charge in [0.05, 0.1) is 36.3 Å². The summed E-state index contributed by atoms with van der Waals surface area (Å²) in [6.07, 6.45) is -2.96. The number of halogens is 7. The van der Waals surface area contributed by atoms with Crippen molar-refractivity contribution < 1.29 is 73.7 Å². The summed E-state index contributed by atoms with van der Waals surface area (Å²) < 4.78 is 126. The molecule has 7 heterocycles. The first-order valence-corrected chi connectivity index (χ1v) is 36.3. The first-order valence-electron chi connectivity index (χ1n) is 28.1. The van der Waals surface area contributed by atoms with Crippen molar-refractivity contribution in [1.82, 2.24) is 49.5 Å². The maximum Gasteiger partial charge on any atom is 0.496 e. The van der Waals surface area contributed by atoms with Gasteiger partial charge in [0, 0.05) is 87.3 Å². The van der Waals surface area contributed by atoms with Gasteiger partial charge >= 0.3 is 31.4 Å². The fourth-order valence-corrected chi connectivity index (χ4v) is 9.41. The van der Waals surface area contributed by atoms with Crippen molar-refractivity contribution in [3.63, 3.8) is 0 Å². The third-order valence-electron chi connectivity index (χ3n) is 13.9. The fraction of sp³-hybridized carbons (Fsp3) is 0.552. The van der Waals surface area contributed by atoms with E-state index in [1.807, 2.05) is 47.6 Å². The molecule has 7 rings (SSSR count). The zero-order valence-corrected chi connectivity index (χ0v) is 56.8. The number of aryl methyl sites for hydroxylation is 2. The summed E-state index contributed by atoms with van der Waals surface area (Å²) in [5.74, 6) is -2.36. The number of carbonyl (C=O) groups is 2. The molecule has 1 aliphatic heterocycles. The Morgan fingerprint density at radius 2 is 1.03 bits per heavy atom. The van der Waals surface area contributed by atoms with E-state index in [1.54, 1.807) is 76.6 Å². The quantitative estimate of drug-likeness (QED) is 0.0267. The van der Waals surface area contributed by atoms with Gasteiger partial charge in [-0.1, -0.05) is 45.3 Å². The SMILES string of the molecule is COC(=O)C(C)(C)COc1cc(C)c(-c2ccc(-c3nc(C(F)(F)F)nn3COCC[Si](C)(C)C)nc2)cn1.COC(=O)C(C)(C)COc1cc(C)c(B2OC(C)(C)C(C)(C)O2)cn1.C[Si](C)(C)CCOCn1nc(C(F)(F)F)nc1-c1ccc(Br)cn1. The zero-order valence-electron chi connectivity index (χ0n) is 53.2. The fourth-order valence-electron chi connectivity index (χ4n) is 7.66. The summed E-state index contributed by atoms with van der Waals surface area (Å²) in [4.78, 5) is 48.0. The normalized spacial score (nSPS) is 14.4. The molecule has 0 bridgehead atoms. The number of alkyl halides is 6. The number of hydrogen-bond donors (Lipinski definition) is 0. The third-order valence-corrected chi connectivity index (χ3v) is 17.8. The van der Waals surface area contributed by atoms with Gasteiger partial charge in [0.1, 0.15) is 38.1 Å². The van der Waals surface area contributed by atoms with E-state index in [-0.39, 0.29) is 50.0 Å². The molecule has 0 atom stereocenters. The molecular weight excluding hydrogens is 1260 g/mol. The second kappa shape index (κ2) is 29.2. The minimum Gasteiger partial charge on any atom is -0.476 e. The number of nitrogens with zero attached hydrogens (tertiary/aromatic N) is 10. The summed E-state index contributed by atoms with van der Waals surface area (Å²) in [7, 11) is -0.401. The molecule has 1 fully saturated rings. The Morgan fingerprint density at radius 1 is 0.614 bits per heavy atom. The molecule has 30 heteroatoms. The molecule has 482 valence electrons. The van der Waals surface area contributed by atoms with Crippen molar-refractivity contribution in [2.24, 2.45) is 10.8 Å². The summed E-state index contributed by atoms with van der Waals surface area (Å²) in [5, 5.41) is 7.15. The van der Waals surface area contributed by atoms with Crippen LogP contribution in [0.3, 0.4) is 0 Å². The summed E-state index contributed by atoms with van der Waals surface area (Å²) in [6, 6.07) is 11.9. The van der Waals surface area contributed by atoms with Crippen LogP contribution in [0.25, 0.3) is 34.2 Å². The van der Waals surface area contributed by atoms with E-state index in [9.17, 15) is 35.9 Å². The lowest BCUT2D eigenvalue weighted by Gasteiger charge is -2.32. The number of ether oxygens (including phenoxy) is 6. The average Bonchev–Trinajstić information content (AvgIpc) is 3.08. The molecule has 0 radical (unpaired) electrons. The second-order valence-electron chi connectivity index (χ2n) is 25.6. The van der Waals surface area contributed by atoms with Crippen LogP contribution in [0.1, 0.15) is 78.2 Å². The van der Waals surface area contributed by atoms with Gasteiger partial charge in [-0.05, 0) is 127 Å². The van der Waals surface area contributed by atoms with Crippen molar-refractivity contribution in [2.45, 2.75) is 158 Å². The van der Waals surface area contributed by atoms with Crippen LogP contribution < -0.4 is 14.9 Å². The molecule has 0 aliphatic carbocycles. The van der Waals surface area contributed by atoms with Crippen LogP contribution in [0.2, 0.25) is 51.4 Å². The monoisotopic (exact) mass is 1340 g/mol. The van der Waals surface area contributed by atoms with Crippen LogP contribution in [-0.2, 0) is 63.7 Å². The second-order valence-corrected chi connectivity index (χ2v) is 37.8. The van der Waals surface area contributed by atoms with Gasteiger partial charge in [0.15, 0.2) is 11.6 Å². The molecule has 0 aromatic carbocycles. The molecule has 0 N–H and O–H groups in total.